The zero-order valence-corrected chi connectivity index (χ0v) is 9.86. The molecule has 0 unspecified atom stereocenters. The summed E-state index contributed by atoms with van der Waals surface area (Å²) in [5, 5.41) is 2.57. The van der Waals surface area contributed by atoms with Gasteiger partial charge in [-0.1, -0.05) is 18.2 Å². The summed E-state index contributed by atoms with van der Waals surface area (Å²) in [5.74, 6) is -1.22. The van der Waals surface area contributed by atoms with Crippen molar-refractivity contribution < 1.29 is 14.0 Å². The number of halogens is 1. The number of carbonyl (C=O) groups excluding carboxylic acids is 2. The van der Waals surface area contributed by atoms with Gasteiger partial charge in [0.25, 0.3) is 0 Å². The Bertz CT molecular complexity index is 472. The third kappa shape index (κ3) is 3.06. The zero-order valence-electron chi connectivity index (χ0n) is 9.86. The SMILES string of the molecule is NC(=O)[C@H](Cc1ccccc1F)NC(=O)C1CC1. The van der Waals surface area contributed by atoms with Crippen molar-refractivity contribution in [3.05, 3.63) is 35.6 Å². The van der Waals surface area contributed by atoms with Crippen LogP contribution in [0.2, 0.25) is 0 Å². The first-order valence-corrected chi connectivity index (χ1v) is 5.91. The number of hydrogen-bond donors (Lipinski definition) is 2. The summed E-state index contributed by atoms with van der Waals surface area (Å²) >= 11 is 0. The number of nitrogens with two attached hydrogens (primary N) is 1. The fraction of sp³-hybridized carbons (Fsp3) is 0.385. The summed E-state index contributed by atoms with van der Waals surface area (Å²) in [6.07, 6.45) is 1.77. The van der Waals surface area contributed by atoms with Gasteiger partial charge in [-0.15, -0.1) is 0 Å². The molecule has 4 nitrogen and oxygen atoms in total. The minimum absolute atomic E-state index is 0.00697. The van der Waals surface area contributed by atoms with Crippen molar-refractivity contribution in [1.82, 2.24) is 5.32 Å². The number of primary amides is 1. The first-order chi connectivity index (χ1) is 8.58. The van der Waals surface area contributed by atoms with E-state index >= 15 is 0 Å². The minimum Gasteiger partial charge on any atom is -0.368 e. The predicted octanol–water partition coefficient (Wildman–Crippen LogP) is 0.748. The molecule has 5 heteroatoms. The maximum atomic E-state index is 13.5. The quantitative estimate of drug-likeness (QED) is 0.809. The number of hydrogen-bond acceptors (Lipinski definition) is 2. The minimum atomic E-state index is -0.852. The van der Waals surface area contributed by atoms with E-state index in [0.717, 1.165) is 12.8 Å². The summed E-state index contributed by atoms with van der Waals surface area (Å²) in [5.41, 5.74) is 5.60. The van der Waals surface area contributed by atoms with Crippen molar-refractivity contribution in [2.45, 2.75) is 25.3 Å². The topological polar surface area (TPSA) is 72.2 Å². The molecule has 96 valence electrons. The third-order valence-electron chi connectivity index (χ3n) is 2.99. The van der Waals surface area contributed by atoms with Gasteiger partial charge in [-0.25, -0.2) is 4.39 Å². The molecule has 1 aliphatic carbocycles. The highest BCUT2D eigenvalue weighted by atomic mass is 19.1. The first kappa shape index (κ1) is 12.5. The summed E-state index contributed by atoms with van der Waals surface area (Å²) in [6, 6.07) is 5.29. The molecule has 2 amide bonds. The van der Waals surface area contributed by atoms with Gasteiger partial charge in [-0.05, 0) is 24.5 Å². The highest BCUT2D eigenvalue weighted by Crippen LogP contribution is 2.29. The van der Waals surface area contributed by atoms with Crippen LogP contribution in [0.5, 0.6) is 0 Å². The lowest BCUT2D eigenvalue weighted by Crippen LogP contribution is -2.46. The van der Waals surface area contributed by atoms with E-state index in [1.165, 1.54) is 6.07 Å². The third-order valence-corrected chi connectivity index (χ3v) is 2.99. The molecule has 1 saturated carbocycles. The van der Waals surface area contributed by atoms with Crippen LogP contribution in [0, 0.1) is 11.7 Å². The Balaban J connectivity index is 2.04. The van der Waals surface area contributed by atoms with Crippen molar-refractivity contribution in [2.75, 3.05) is 0 Å². The smallest absolute Gasteiger partial charge is 0.240 e. The normalized spacial score (nSPS) is 16.1. The number of nitrogens with one attached hydrogen (secondary N) is 1. The van der Waals surface area contributed by atoms with E-state index in [9.17, 15) is 14.0 Å². The molecule has 0 aliphatic heterocycles. The lowest BCUT2D eigenvalue weighted by Gasteiger charge is -2.15. The molecule has 0 aromatic heterocycles. The monoisotopic (exact) mass is 250 g/mol. The summed E-state index contributed by atoms with van der Waals surface area (Å²) in [7, 11) is 0. The number of rotatable bonds is 5. The Morgan fingerprint density at radius 3 is 2.61 bits per heavy atom. The molecule has 3 N–H and O–H groups in total. The predicted molar refractivity (Wildman–Crippen MR) is 64.0 cm³/mol. The van der Waals surface area contributed by atoms with Crippen LogP contribution in [0.4, 0.5) is 4.39 Å². The van der Waals surface area contributed by atoms with E-state index in [1.54, 1.807) is 18.2 Å². The van der Waals surface area contributed by atoms with Gasteiger partial charge in [0.1, 0.15) is 11.9 Å². The van der Waals surface area contributed by atoms with E-state index in [0.29, 0.717) is 5.56 Å². The van der Waals surface area contributed by atoms with Crippen molar-refractivity contribution in [2.24, 2.45) is 11.7 Å². The summed E-state index contributed by atoms with van der Waals surface area (Å²) in [4.78, 5) is 22.9. The molecular weight excluding hydrogens is 235 g/mol. The molecule has 2 rings (SSSR count). The second-order valence-corrected chi connectivity index (χ2v) is 4.53. The molecule has 1 aliphatic rings. The van der Waals surface area contributed by atoms with E-state index < -0.39 is 17.8 Å². The highest BCUT2D eigenvalue weighted by molar-refractivity contribution is 5.88. The van der Waals surface area contributed by atoms with Gasteiger partial charge >= 0.3 is 0 Å². The molecular formula is C13H15FN2O2. The average Bonchev–Trinajstić information content (AvgIpc) is 3.14. The van der Waals surface area contributed by atoms with Gasteiger partial charge in [0.05, 0.1) is 0 Å². The standard InChI is InChI=1S/C13H15FN2O2/c14-10-4-2-1-3-9(10)7-11(12(15)17)16-13(18)8-5-6-8/h1-4,8,11H,5-7H2,(H2,15,17)(H,16,18)/t11-/m0/s1. The van der Waals surface area contributed by atoms with E-state index in [1.807, 2.05) is 0 Å². The fourth-order valence-electron chi connectivity index (χ4n) is 1.74. The van der Waals surface area contributed by atoms with E-state index in [-0.39, 0.29) is 18.2 Å². The van der Waals surface area contributed by atoms with Gasteiger partial charge in [0.15, 0.2) is 0 Å². The first-order valence-electron chi connectivity index (χ1n) is 5.91. The second kappa shape index (κ2) is 5.16. The van der Waals surface area contributed by atoms with Crippen LogP contribution in [0.3, 0.4) is 0 Å². The maximum Gasteiger partial charge on any atom is 0.240 e. The molecule has 1 atom stereocenters. The molecule has 0 heterocycles. The van der Waals surface area contributed by atoms with E-state index in [2.05, 4.69) is 5.32 Å². The van der Waals surface area contributed by atoms with Crippen LogP contribution >= 0.6 is 0 Å². The Labute approximate surface area is 104 Å². The van der Waals surface area contributed by atoms with Crippen LogP contribution < -0.4 is 11.1 Å². The second-order valence-electron chi connectivity index (χ2n) is 4.53. The number of amides is 2. The number of carbonyl (C=O) groups is 2. The van der Waals surface area contributed by atoms with Gasteiger partial charge < -0.3 is 11.1 Å². The van der Waals surface area contributed by atoms with Gasteiger partial charge in [0.2, 0.25) is 11.8 Å². The fourth-order valence-corrected chi connectivity index (χ4v) is 1.74. The van der Waals surface area contributed by atoms with Crippen LogP contribution in [0.1, 0.15) is 18.4 Å². The van der Waals surface area contributed by atoms with Gasteiger partial charge in [0, 0.05) is 12.3 Å². The van der Waals surface area contributed by atoms with Gasteiger partial charge in [-0.2, -0.15) is 0 Å². The van der Waals surface area contributed by atoms with Crippen molar-refractivity contribution in [3.63, 3.8) is 0 Å². The molecule has 0 radical (unpaired) electrons. The van der Waals surface area contributed by atoms with Crippen molar-refractivity contribution in [1.29, 1.82) is 0 Å². The molecule has 1 aromatic rings. The number of benzene rings is 1. The molecule has 18 heavy (non-hydrogen) atoms. The summed E-state index contributed by atoms with van der Waals surface area (Å²) < 4.78 is 13.5. The van der Waals surface area contributed by atoms with Crippen molar-refractivity contribution in [3.8, 4) is 0 Å². The van der Waals surface area contributed by atoms with Crippen LogP contribution in [-0.2, 0) is 16.0 Å². The average molecular weight is 250 g/mol. The largest absolute Gasteiger partial charge is 0.368 e. The van der Waals surface area contributed by atoms with Crippen LogP contribution in [0.15, 0.2) is 24.3 Å². The lowest BCUT2D eigenvalue weighted by atomic mass is 10.0. The Kier molecular flexibility index (Phi) is 3.60. The Morgan fingerprint density at radius 1 is 1.39 bits per heavy atom. The highest BCUT2D eigenvalue weighted by Gasteiger charge is 2.32. The Hall–Kier alpha value is -1.91. The molecule has 1 fully saturated rings. The van der Waals surface area contributed by atoms with Crippen LogP contribution in [-0.4, -0.2) is 17.9 Å². The van der Waals surface area contributed by atoms with Gasteiger partial charge in [-0.3, -0.25) is 9.59 Å². The Morgan fingerprint density at radius 2 is 2.06 bits per heavy atom. The zero-order chi connectivity index (χ0) is 13.1. The molecule has 0 saturated heterocycles. The van der Waals surface area contributed by atoms with Crippen LogP contribution in [0.25, 0.3) is 0 Å². The lowest BCUT2D eigenvalue weighted by molar-refractivity contribution is -0.128. The molecule has 0 spiro atoms. The maximum absolute atomic E-state index is 13.5. The van der Waals surface area contributed by atoms with E-state index in [4.69, 9.17) is 5.73 Å². The molecule has 1 aromatic carbocycles. The summed E-state index contributed by atoms with van der Waals surface area (Å²) in [6.45, 7) is 0. The molecule has 0 bridgehead atoms. The van der Waals surface area contributed by atoms with Crippen molar-refractivity contribution >= 4 is 11.8 Å².